The lowest BCUT2D eigenvalue weighted by atomic mass is 10.2. The van der Waals surface area contributed by atoms with Crippen molar-refractivity contribution in [3.05, 3.63) is 70.8 Å². The Kier molecular flexibility index (Phi) is 7.76. The summed E-state index contributed by atoms with van der Waals surface area (Å²) in [7, 11) is 0. The first-order valence-electron chi connectivity index (χ1n) is 7.84. The molecule has 0 aromatic heterocycles. The topological polar surface area (TPSA) is 64.6 Å². The van der Waals surface area contributed by atoms with Crippen molar-refractivity contribution in [1.29, 1.82) is 0 Å². The molecule has 0 fully saturated rings. The van der Waals surface area contributed by atoms with Gasteiger partial charge >= 0.3 is 12.6 Å². The molecule has 142 valence electrons. The summed E-state index contributed by atoms with van der Waals surface area (Å²) in [5.41, 5.74) is 1.33. The average molecular weight is 396 g/mol. The second-order valence-corrected chi connectivity index (χ2v) is 5.66. The van der Waals surface area contributed by atoms with Crippen molar-refractivity contribution in [3.63, 3.8) is 0 Å². The number of amides is 1. The lowest BCUT2D eigenvalue weighted by Gasteiger charge is -2.07. The van der Waals surface area contributed by atoms with Gasteiger partial charge in [-0.3, -0.25) is 4.79 Å². The third-order valence-corrected chi connectivity index (χ3v) is 3.67. The Morgan fingerprint density at radius 1 is 1.11 bits per heavy atom. The van der Waals surface area contributed by atoms with E-state index in [0.717, 1.165) is 11.6 Å². The highest BCUT2D eigenvalue weighted by Gasteiger charge is 2.07. The van der Waals surface area contributed by atoms with Gasteiger partial charge in [-0.2, -0.15) is 8.78 Å². The zero-order chi connectivity index (χ0) is 19.6. The quantitative estimate of drug-likeness (QED) is 0.545. The number of nitrogens with one attached hydrogen (secondary N) is 1. The Balaban J connectivity index is 1.74. The van der Waals surface area contributed by atoms with Crippen molar-refractivity contribution in [2.45, 2.75) is 13.2 Å². The molecule has 1 amide bonds. The van der Waals surface area contributed by atoms with E-state index in [2.05, 4.69) is 10.1 Å². The molecule has 2 aromatic rings. The van der Waals surface area contributed by atoms with Gasteiger partial charge in [0.15, 0.2) is 6.61 Å². The number of alkyl halides is 2. The molecule has 0 spiro atoms. The van der Waals surface area contributed by atoms with Crippen LogP contribution < -0.4 is 10.1 Å². The van der Waals surface area contributed by atoms with Gasteiger partial charge < -0.3 is 14.8 Å². The molecule has 0 aliphatic heterocycles. The Morgan fingerprint density at radius 2 is 1.81 bits per heavy atom. The van der Waals surface area contributed by atoms with E-state index >= 15 is 0 Å². The zero-order valence-corrected chi connectivity index (χ0v) is 14.8. The van der Waals surface area contributed by atoms with Crippen molar-refractivity contribution < 1.29 is 27.8 Å². The highest BCUT2D eigenvalue weighted by atomic mass is 35.5. The van der Waals surface area contributed by atoms with Gasteiger partial charge in [-0.05, 0) is 35.4 Å². The predicted octanol–water partition coefficient (Wildman–Crippen LogP) is 3.81. The van der Waals surface area contributed by atoms with E-state index < -0.39 is 25.1 Å². The van der Waals surface area contributed by atoms with E-state index in [1.165, 1.54) is 30.3 Å². The van der Waals surface area contributed by atoms with Crippen LogP contribution in [-0.4, -0.2) is 25.1 Å². The summed E-state index contributed by atoms with van der Waals surface area (Å²) in [4.78, 5) is 23.3. The van der Waals surface area contributed by atoms with Gasteiger partial charge in [0.1, 0.15) is 5.75 Å². The summed E-state index contributed by atoms with van der Waals surface area (Å²) in [6, 6.07) is 12.7. The molecule has 0 radical (unpaired) electrons. The molecular weight excluding hydrogens is 380 g/mol. The number of ether oxygens (including phenoxy) is 2. The summed E-state index contributed by atoms with van der Waals surface area (Å²) in [5.74, 6) is -1.17. The number of halogens is 3. The Hall–Kier alpha value is -2.93. The summed E-state index contributed by atoms with van der Waals surface area (Å²) in [5, 5.41) is 3.12. The van der Waals surface area contributed by atoms with Crippen LogP contribution in [0.2, 0.25) is 5.02 Å². The lowest BCUT2D eigenvalue weighted by molar-refractivity contribution is -0.143. The van der Waals surface area contributed by atoms with Gasteiger partial charge in [-0.25, -0.2) is 4.79 Å². The summed E-state index contributed by atoms with van der Waals surface area (Å²) < 4.78 is 33.2. The minimum absolute atomic E-state index is 0.0138. The van der Waals surface area contributed by atoms with Crippen LogP contribution in [0, 0.1) is 0 Å². The van der Waals surface area contributed by atoms with Gasteiger partial charge in [-0.1, -0.05) is 41.9 Å². The third kappa shape index (κ3) is 7.45. The number of hydrogen-bond donors (Lipinski definition) is 1. The smallest absolute Gasteiger partial charge is 0.387 e. The van der Waals surface area contributed by atoms with Crippen molar-refractivity contribution in [3.8, 4) is 5.75 Å². The van der Waals surface area contributed by atoms with Crippen LogP contribution in [-0.2, 0) is 20.9 Å². The standard InChI is InChI=1S/C19H16ClF2NO4/c20-16-4-2-1-3-14(16)11-23-17(24)12-26-18(25)10-7-13-5-8-15(9-6-13)27-19(21)22/h1-10,19H,11-12H2,(H,23,24). The van der Waals surface area contributed by atoms with Crippen LogP contribution >= 0.6 is 11.6 Å². The van der Waals surface area contributed by atoms with E-state index in [4.69, 9.17) is 16.3 Å². The Bertz CT molecular complexity index is 810. The number of hydrogen-bond acceptors (Lipinski definition) is 4. The molecule has 1 N–H and O–H groups in total. The van der Waals surface area contributed by atoms with Crippen LogP contribution in [0.5, 0.6) is 5.75 Å². The molecule has 0 aliphatic rings. The molecule has 2 aromatic carbocycles. The van der Waals surface area contributed by atoms with Crippen molar-refractivity contribution in [2.24, 2.45) is 0 Å². The Labute approximate surface area is 159 Å². The van der Waals surface area contributed by atoms with Crippen LogP contribution in [0.4, 0.5) is 8.78 Å². The van der Waals surface area contributed by atoms with E-state index in [9.17, 15) is 18.4 Å². The maximum absolute atomic E-state index is 12.1. The number of carbonyl (C=O) groups is 2. The third-order valence-electron chi connectivity index (χ3n) is 3.30. The van der Waals surface area contributed by atoms with Crippen molar-refractivity contribution in [2.75, 3.05) is 6.61 Å². The zero-order valence-electron chi connectivity index (χ0n) is 14.0. The SMILES string of the molecule is O=C(COC(=O)C=Cc1ccc(OC(F)F)cc1)NCc1ccccc1Cl. The minimum atomic E-state index is -2.90. The molecule has 0 bridgehead atoms. The monoisotopic (exact) mass is 395 g/mol. The van der Waals surface area contributed by atoms with Gasteiger partial charge in [0.25, 0.3) is 5.91 Å². The molecule has 0 atom stereocenters. The summed E-state index contributed by atoms with van der Waals surface area (Å²) in [6.07, 6.45) is 2.56. The molecular formula is C19H16ClF2NO4. The average Bonchev–Trinajstić information content (AvgIpc) is 2.64. The molecule has 0 aliphatic carbocycles. The first-order valence-corrected chi connectivity index (χ1v) is 8.21. The highest BCUT2D eigenvalue weighted by molar-refractivity contribution is 6.31. The van der Waals surface area contributed by atoms with E-state index in [1.54, 1.807) is 24.3 Å². The molecule has 0 unspecified atom stereocenters. The molecule has 0 saturated carbocycles. The van der Waals surface area contributed by atoms with Crippen LogP contribution in [0.25, 0.3) is 6.08 Å². The second kappa shape index (κ2) is 10.3. The molecule has 0 heterocycles. The van der Waals surface area contributed by atoms with Crippen molar-refractivity contribution in [1.82, 2.24) is 5.32 Å². The minimum Gasteiger partial charge on any atom is -0.452 e. The molecule has 5 nitrogen and oxygen atoms in total. The summed E-state index contributed by atoms with van der Waals surface area (Å²) >= 11 is 5.98. The van der Waals surface area contributed by atoms with Crippen LogP contribution in [0.1, 0.15) is 11.1 Å². The van der Waals surface area contributed by atoms with E-state index in [1.807, 2.05) is 0 Å². The van der Waals surface area contributed by atoms with Gasteiger partial charge in [-0.15, -0.1) is 0 Å². The molecule has 27 heavy (non-hydrogen) atoms. The fraction of sp³-hybridized carbons (Fsp3) is 0.158. The van der Waals surface area contributed by atoms with Gasteiger partial charge in [0.2, 0.25) is 0 Å². The highest BCUT2D eigenvalue weighted by Crippen LogP contribution is 2.16. The van der Waals surface area contributed by atoms with Crippen LogP contribution in [0.15, 0.2) is 54.6 Å². The summed E-state index contributed by atoms with van der Waals surface area (Å²) in [6.45, 7) is -3.11. The fourth-order valence-corrected chi connectivity index (χ4v) is 2.20. The number of carbonyl (C=O) groups excluding carboxylic acids is 2. The van der Waals surface area contributed by atoms with Crippen molar-refractivity contribution >= 4 is 29.6 Å². The van der Waals surface area contributed by atoms with Crippen LogP contribution in [0.3, 0.4) is 0 Å². The van der Waals surface area contributed by atoms with E-state index in [-0.39, 0.29) is 12.3 Å². The first-order chi connectivity index (χ1) is 12.9. The molecule has 0 saturated heterocycles. The molecule has 2 rings (SSSR count). The van der Waals surface area contributed by atoms with Gasteiger partial charge in [0, 0.05) is 17.6 Å². The van der Waals surface area contributed by atoms with Gasteiger partial charge in [0.05, 0.1) is 0 Å². The second-order valence-electron chi connectivity index (χ2n) is 5.26. The predicted molar refractivity (Wildman–Crippen MR) is 96.4 cm³/mol. The largest absolute Gasteiger partial charge is 0.452 e. The normalized spacial score (nSPS) is 10.8. The Morgan fingerprint density at radius 3 is 2.48 bits per heavy atom. The fourth-order valence-electron chi connectivity index (χ4n) is 2.00. The first kappa shape index (κ1) is 20.4. The maximum atomic E-state index is 12.1. The maximum Gasteiger partial charge on any atom is 0.387 e. The number of rotatable bonds is 8. The molecule has 8 heteroatoms. The van der Waals surface area contributed by atoms with E-state index in [0.29, 0.717) is 10.6 Å². The number of benzene rings is 2. The lowest BCUT2D eigenvalue weighted by Crippen LogP contribution is -2.28. The number of esters is 1.